The van der Waals surface area contributed by atoms with Gasteiger partial charge in [-0.05, 0) is 24.5 Å². The van der Waals surface area contributed by atoms with E-state index < -0.39 is 10.0 Å². The van der Waals surface area contributed by atoms with Gasteiger partial charge in [0.05, 0.1) is 5.75 Å². The summed E-state index contributed by atoms with van der Waals surface area (Å²) in [5.41, 5.74) is 0. The fourth-order valence-corrected chi connectivity index (χ4v) is 4.62. The summed E-state index contributed by atoms with van der Waals surface area (Å²) in [5, 5.41) is 0. The van der Waals surface area contributed by atoms with Gasteiger partial charge in [0.15, 0.2) is 11.6 Å². The molecule has 0 unspecified atom stereocenters. The van der Waals surface area contributed by atoms with E-state index in [9.17, 15) is 12.8 Å². The molecule has 5 nitrogen and oxygen atoms in total. The van der Waals surface area contributed by atoms with Gasteiger partial charge in [-0.2, -0.15) is 4.31 Å². The second kappa shape index (κ2) is 6.50. The van der Waals surface area contributed by atoms with Gasteiger partial charge in [0.2, 0.25) is 10.0 Å². The predicted molar refractivity (Wildman–Crippen MR) is 83.7 cm³/mol. The van der Waals surface area contributed by atoms with Crippen molar-refractivity contribution < 1.29 is 12.8 Å². The van der Waals surface area contributed by atoms with Gasteiger partial charge in [0.1, 0.15) is 0 Å². The van der Waals surface area contributed by atoms with E-state index in [1.165, 1.54) is 25.3 Å². The Morgan fingerprint density at radius 1 is 1.23 bits per heavy atom. The second-order valence-corrected chi connectivity index (χ2v) is 8.19. The average molecular weight is 327 g/mol. The fourth-order valence-electron chi connectivity index (χ4n) is 3.01. The lowest BCUT2D eigenvalue weighted by Crippen LogP contribution is -2.49. The van der Waals surface area contributed by atoms with Crippen molar-refractivity contribution in [1.82, 2.24) is 9.29 Å². The molecule has 0 radical (unpaired) electrons. The summed E-state index contributed by atoms with van der Waals surface area (Å²) in [6, 6.07) is 2.93. The zero-order chi connectivity index (χ0) is 15.6. The summed E-state index contributed by atoms with van der Waals surface area (Å²) in [5.74, 6) is 0.798. The summed E-state index contributed by atoms with van der Waals surface area (Å²) >= 11 is 0. The number of hydrogen-bond acceptors (Lipinski definition) is 4. The van der Waals surface area contributed by atoms with E-state index >= 15 is 0 Å². The van der Waals surface area contributed by atoms with Crippen LogP contribution in [0, 0.1) is 11.7 Å². The lowest BCUT2D eigenvalue weighted by atomic mass is 9.84. The van der Waals surface area contributed by atoms with Crippen molar-refractivity contribution in [3.05, 3.63) is 24.1 Å². The molecule has 22 heavy (non-hydrogen) atoms. The summed E-state index contributed by atoms with van der Waals surface area (Å²) in [6.45, 7) is 1.78. The van der Waals surface area contributed by atoms with Crippen LogP contribution in [0.3, 0.4) is 0 Å². The second-order valence-electron chi connectivity index (χ2n) is 6.10. The van der Waals surface area contributed by atoms with E-state index in [1.807, 2.05) is 4.90 Å². The maximum atomic E-state index is 13.7. The first-order valence-electron chi connectivity index (χ1n) is 7.89. The summed E-state index contributed by atoms with van der Waals surface area (Å²) in [4.78, 5) is 5.86. The molecule has 1 aliphatic carbocycles. The molecule has 2 heterocycles. The van der Waals surface area contributed by atoms with Gasteiger partial charge in [-0.25, -0.2) is 17.8 Å². The molecule has 1 saturated heterocycles. The normalized spacial score (nSPS) is 20.9. The largest absolute Gasteiger partial charge is 0.352 e. The van der Waals surface area contributed by atoms with Gasteiger partial charge in [-0.15, -0.1) is 0 Å². The molecule has 1 aliphatic heterocycles. The maximum absolute atomic E-state index is 13.7. The van der Waals surface area contributed by atoms with Crippen molar-refractivity contribution in [2.24, 2.45) is 5.92 Å². The number of sulfonamides is 1. The van der Waals surface area contributed by atoms with Gasteiger partial charge < -0.3 is 4.90 Å². The molecular weight excluding hydrogens is 305 g/mol. The third kappa shape index (κ3) is 3.41. The molecule has 1 aromatic rings. The number of rotatable bonds is 5. The molecule has 0 aromatic carbocycles. The highest BCUT2D eigenvalue weighted by molar-refractivity contribution is 7.89. The Kier molecular flexibility index (Phi) is 4.63. The van der Waals surface area contributed by atoms with Gasteiger partial charge in [0, 0.05) is 32.4 Å². The van der Waals surface area contributed by atoms with Crippen LogP contribution in [0.15, 0.2) is 18.3 Å². The molecule has 1 aromatic heterocycles. The van der Waals surface area contributed by atoms with Crippen molar-refractivity contribution in [3.63, 3.8) is 0 Å². The van der Waals surface area contributed by atoms with Crippen LogP contribution in [0.4, 0.5) is 10.2 Å². The first-order chi connectivity index (χ1) is 10.6. The van der Waals surface area contributed by atoms with E-state index in [0.717, 1.165) is 6.42 Å². The average Bonchev–Trinajstić information content (AvgIpc) is 2.46. The van der Waals surface area contributed by atoms with Crippen LogP contribution in [0.25, 0.3) is 0 Å². The number of hydrogen-bond donors (Lipinski definition) is 0. The smallest absolute Gasteiger partial charge is 0.214 e. The van der Waals surface area contributed by atoms with E-state index in [4.69, 9.17) is 0 Å². The topological polar surface area (TPSA) is 53.5 Å². The van der Waals surface area contributed by atoms with Crippen LogP contribution >= 0.6 is 0 Å². The number of piperazine rings is 1. The molecule has 1 saturated carbocycles. The first-order valence-corrected chi connectivity index (χ1v) is 9.50. The molecule has 122 valence electrons. The SMILES string of the molecule is O=S(=O)(CCC1CCC1)N1CCN(c2ncccc2F)CC1. The van der Waals surface area contributed by atoms with Gasteiger partial charge in [-0.3, -0.25) is 0 Å². The van der Waals surface area contributed by atoms with E-state index in [-0.39, 0.29) is 11.6 Å². The molecule has 2 fully saturated rings. The number of pyridine rings is 1. The van der Waals surface area contributed by atoms with Crippen molar-refractivity contribution in [3.8, 4) is 0 Å². The Bertz CT molecular complexity index is 611. The Morgan fingerprint density at radius 3 is 2.55 bits per heavy atom. The molecular formula is C15H22FN3O2S. The van der Waals surface area contributed by atoms with E-state index in [2.05, 4.69) is 4.98 Å². The lowest BCUT2D eigenvalue weighted by molar-refractivity contribution is 0.303. The highest BCUT2D eigenvalue weighted by Gasteiger charge is 2.29. The lowest BCUT2D eigenvalue weighted by Gasteiger charge is -2.35. The molecule has 2 aliphatic rings. The molecule has 0 atom stereocenters. The minimum absolute atomic E-state index is 0.246. The van der Waals surface area contributed by atoms with Gasteiger partial charge >= 0.3 is 0 Å². The van der Waals surface area contributed by atoms with Gasteiger partial charge in [-0.1, -0.05) is 19.3 Å². The Hall–Kier alpha value is -1.21. The molecule has 0 spiro atoms. The number of aromatic nitrogens is 1. The molecule has 0 amide bonds. The third-order valence-corrected chi connectivity index (χ3v) is 6.58. The standard InChI is InChI=1S/C15H22FN3O2S/c16-14-5-2-7-17-15(14)18-8-10-19(11-9-18)22(20,21)12-6-13-3-1-4-13/h2,5,7,13H,1,3-4,6,8-12H2. The van der Waals surface area contributed by atoms with E-state index in [1.54, 1.807) is 16.6 Å². The molecule has 0 N–H and O–H groups in total. The number of anilines is 1. The van der Waals surface area contributed by atoms with Crippen molar-refractivity contribution in [2.45, 2.75) is 25.7 Å². The van der Waals surface area contributed by atoms with Crippen LogP contribution < -0.4 is 4.90 Å². The molecule has 3 rings (SSSR count). The highest BCUT2D eigenvalue weighted by Crippen LogP contribution is 2.30. The minimum atomic E-state index is -3.18. The Labute approximate surface area is 131 Å². The first kappa shape index (κ1) is 15.7. The molecule has 0 bridgehead atoms. The quantitative estimate of drug-likeness (QED) is 0.828. The predicted octanol–water partition coefficient (Wildman–Crippen LogP) is 1.86. The number of halogens is 1. The Morgan fingerprint density at radius 2 is 1.95 bits per heavy atom. The maximum Gasteiger partial charge on any atom is 0.214 e. The van der Waals surface area contributed by atoms with Crippen molar-refractivity contribution in [2.75, 3.05) is 36.8 Å². The van der Waals surface area contributed by atoms with Crippen LogP contribution in [0.1, 0.15) is 25.7 Å². The zero-order valence-electron chi connectivity index (χ0n) is 12.6. The highest BCUT2D eigenvalue weighted by atomic mass is 32.2. The van der Waals surface area contributed by atoms with Crippen LogP contribution in [0.2, 0.25) is 0 Å². The monoisotopic (exact) mass is 327 g/mol. The van der Waals surface area contributed by atoms with Crippen molar-refractivity contribution in [1.29, 1.82) is 0 Å². The molecule has 7 heteroatoms. The number of nitrogens with zero attached hydrogens (tertiary/aromatic N) is 3. The van der Waals surface area contributed by atoms with Crippen LogP contribution in [-0.4, -0.2) is 49.6 Å². The van der Waals surface area contributed by atoms with E-state index in [0.29, 0.717) is 37.9 Å². The van der Waals surface area contributed by atoms with Crippen LogP contribution in [0.5, 0.6) is 0 Å². The Balaban J connectivity index is 1.55. The van der Waals surface area contributed by atoms with Crippen molar-refractivity contribution >= 4 is 15.8 Å². The van der Waals surface area contributed by atoms with Gasteiger partial charge in [0.25, 0.3) is 0 Å². The third-order valence-electron chi connectivity index (χ3n) is 4.68. The van der Waals surface area contributed by atoms with Crippen LogP contribution in [-0.2, 0) is 10.0 Å². The summed E-state index contributed by atoms with van der Waals surface area (Å²) in [6.07, 6.45) is 5.90. The fraction of sp³-hybridized carbons (Fsp3) is 0.667. The summed E-state index contributed by atoms with van der Waals surface area (Å²) < 4.78 is 40.0. The zero-order valence-corrected chi connectivity index (χ0v) is 13.4. The minimum Gasteiger partial charge on any atom is -0.352 e. The summed E-state index contributed by atoms with van der Waals surface area (Å²) in [7, 11) is -3.18.